The van der Waals surface area contributed by atoms with Crippen molar-refractivity contribution in [3.8, 4) is 11.3 Å². The zero-order chi connectivity index (χ0) is 27.2. The Bertz CT molecular complexity index is 1320. The van der Waals surface area contributed by atoms with Crippen molar-refractivity contribution in [2.45, 2.75) is 52.5 Å². The summed E-state index contributed by atoms with van der Waals surface area (Å²) in [7, 11) is 1.79. The first-order chi connectivity index (χ1) is 18.3. The fourth-order valence-electron chi connectivity index (χ4n) is 4.97. The molecule has 0 atom stereocenters. The molecule has 1 N–H and O–H groups in total. The predicted molar refractivity (Wildman–Crippen MR) is 146 cm³/mol. The van der Waals surface area contributed by atoms with Crippen LogP contribution in [-0.2, 0) is 20.0 Å². The van der Waals surface area contributed by atoms with Crippen molar-refractivity contribution in [2.24, 2.45) is 7.05 Å². The number of benzene rings is 2. The van der Waals surface area contributed by atoms with Crippen LogP contribution in [0.1, 0.15) is 81.9 Å². The molecular formula is C30H36N4O4. The molecule has 0 radical (unpaired) electrons. The summed E-state index contributed by atoms with van der Waals surface area (Å²) in [6, 6.07) is 12.6. The molecule has 3 aromatic rings. The first kappa shape index (κ1) is 27.1. The van der Waals surface area contributed by atoms with E-state index >= 15 is 0 Å². The summed E-state index contributed by atoms with van der Waals surface area (Å²) in [6.45, 7) is 6.45. The van der Waals surface area contributed by atoms with Crippen LogP contribution in [0.2, 0.25) is 0 Å². The Morgan fingerprint density at radius 2 is 1.68 bits per heavy atom. The third kappa shape index (κ3) is 5.64. The number of imidazole rings is 1. The van der Waals surface area contributed by atoms with Crippen molar-refractivity contribution in [2.75, 3.05) is 19.6 Å². The van der Waals surface area contributed by atoms with Gasteiger partial charge in [0.15, 0.2) is 5.69 Å². The molecule has 0 spiro atoms. The highest BCUT2D eigenvalue weighted by molar-refractivity contribution is 6.06. The molecule has 0 unspecified atom stereocenters. The van der Waals surface area contributed by atoms with Crippen LogP contribution in [0.15, 0.2) is 48.8 Å². The molecule has 2 amide bonds. The summed E-state index contributed by atoms with van der Waals surface area (Å²) < 4.78 is 1.74. The van der Waals surface area contributed by atoms with Gasteiger partial charge in [-0.15, -0.1) is 0 Å². The Morgan fingerprint density at radius 1 is 1.00 bits per heavy atom. The fraction of sp³-hybridized carbons (Fsp3) is 0.400. The average molecular weight is 517 g/mol. The Labute approximate surface area is 223 Å². The van der Waals surface area contributed by atoms with E-state index in [0.29, 0.717) is 37.4 Å². The molecule has 2 heterocycles. The topological polar surface area (TPSA) is 95.7 Å². The maximum Gasteiger partial charge on any atom is 0.335 e. The number of hydrogen-bond donors (Lipinski definition) is 1. The van der Waals surface area contributed by atoms with Crippen LogP contribution in [0.25, 0.3) is 11.3 Å². The van der Waals surface area contributed by atoms with Gasteiger partial charge in [-0.25, -0.2) is 9.78 Å². The minimum Gasteiger partial charge on any atom is -0.478 e. The van der Waals surface area contributed by atoms with Gasteiger partial charge in [0.05, 0.1) is 17.6 Å². The number of rotatable bonds is 10. The smallest absolute Gasteiger partial charge is 0.335 e. The normalized spacial score (nSPS) is 12.8. The summed E-state index contributed by atoms with van der Waals surface area (Å²) in [4.78, 5) is 47.5. The van der Waals surface area contributed by atoms with Gasteiger partial charge in [-0.3, -0.25) is 9.59 Å². The van der Waals surface area contributed by atoms with Crippen LogP contribution >= 0.6 is 0 Å². The number of aromatic nitrogens is 2. The van der Waals surface area contributed by atoms with E-state index in [1.807, 2.05) is 23.1 Å². The van der Waals surface area contributed by atoms with E-state index in [4.69, 9.17) is 0 Å². The van der Waals surface area contributed by atoms with Crippen molar-refractivity contribution in [1.29, 1.82) is 0 Å². The largest absolute Gasteiger partial charge is 0.478 e. The fourth-order valence-corrected chi connectivity index (χ4v) is 4.97. The van der Waals surface area contributed by atoms with E-state index in [9.17, 15) is 19.5 Å². The van der Waals surface area contributed by atoms with Crippen LogP contribution < -0.4 is 0 Å². The zero-order valence-corrected chi connectivity index (χ0v) is 22.4. The molecule has 38 heavy (non-hydrogen) atoms. The van der Waals surface area contributed by atoms with Gasteiger partial charge in [-0.05, 0) is 42.5 Å². The van der Waals surface area contributed by atoms with Crippen molar-refractivity contribution in [3.05, 3.63) is 76.7 Å². The molecule has 1 aliphatic rings. The maximum atomic E-state index is 13.9. The van der Waals surface area contributed by atoms with Crippen LogP contribution in [0.3, 0.4) is 0 Å². The number of carboxylic acid groups (broad SMARTS) is 1. The zero-order valence-electron chi connectivity index (χ0n) is 22.4. The lowest BCUT2D eigenvalue weighted by molar-refractivity contribution is 0.0695. The number of aromatic carboxylic acids is 1. The van der Waals surface area contributed by atoms with E-state index in [-0.39, 0.29) is 28.6 Å². The monoisotopic (exact) mass is 516 g/mol. The second kappa shape index (κ2) is 12.1. The maximum absolute atomic E-state index is 13.9. The van der Waals surface area contributed by atoms with Gasteiger partial charge in [0.1, 0.15) is 0 Å². The molecule has 8 nitrogen and oxygen atoms in total. The lowest BCUT2D eigenvalue weighted by Gasteiger charge is -2.30. The summed E-state index contributed by atoms with van der Waals surface area (Å²) in [6.07, 6.45) is 6.04. The van der Waals surface area contributed by atoms with Crippen molar-refractivity contribution >= 4 is 17.8 Å². The van der Waals surface area contributed by atoms with Crippen LogP contribution in [0.5, 0.6) is 0 Å². The highest BCUT2D eigenvalue weighted by atomic mass is 16.4. The molecule has 0 saturated carbocycles. The summed E-state index contributed by atoms with van der Waals surface area (Å²) in [5, 5.41) is 9.68. The Hall–Kier alpha value is -3.94. The van der Waals surface area contributed by atoms with Gasteiger partial charge in [0.2, 0.25) is 0 Å². The summed E-state index contributed by atoms with van der Waals surface area (Å²) in [5.41, 5.74) is 3.89. The molecule has 0 aliphatic carbocycles. The van der Waals surface area contributed by atoms with E-state index in [1.54, 1.807) is 28.9 Å². The van der Waals surface area contributed by atoms with E-state index < -0.39 is 5.97 Å². The van der Waals surface area contributed by atoms with Crippen molar-refractivity contribution in [3.63, 3.8) is 0 Å². The summed E-state index contributed by atoms with van der Waals surface area (Å²) >= 11 is 0. The van der Waals surface area contributed by atoms with Gasteiger partial charge < -0.3 is 19.5 Å². The number of amides is 2. The molecule has 200 valence electrons. The molecule has 0 saturated heterocycles. The number of carboxylic acids is 1. The summed E-state index contributed by atoms with van der Waals surface area (Å²) in [5.74, 6) is -1.54. The minimum absolute atomic E-state index is 0.0251. The number of unbranched alkanes of at least 4 members (excludes halogenated alkanes) is 2. The number of fused-ring (bicyclic) bond motifs is 1. The molecule has 1 aliphatic heterocycles. The highest BCUT2D eigenvalue weighted by Crippen LogP contribution is 2.31. The minimum atomic E-state index is -1.11. The number of carbonyl (C=O) groups is 3. The number of carbonyl (C=O) groups excluding carboxylic acids is 2. The number of aryl methyl sites for hydroxylation is 1. The Balaban J connectivity index is 1.76. The second-order valence-electron chi connectivity index (χ2n) is 9.86. The van der Waals surface area contributed by atoms with Crippen LogP contribution in [-0.4, -0.2) is 61.9 Å². The second-order valence-corrected chi connectivity index (χ2v) is 9.86. The molecule has 2 aromatic carbocycles. The van der Waals surface area contributed by atoms with Gasteiger partial charge in [-0.2, -0.15) is 0 Å². The van der Waals surface area contributed by atoms with E-state index in [2.05, 4.69) is 24.9 Å². The van der Waals surface area contributed by atoms with Crippen LogP contribution in [0, 0.1) is 0 Å². The SMILES string of the molecule is CCCCN(CCCC)C(=O)c1ncn(C)c1-c1ccc(C(=O)O)cc1C(=O)N1CCc2ccccc2C1. The van der Waals surface area contributed by atoms with Gasteiger partial charge in [-0.1, -0.05) is 57.0 Å². The third-order valence-electron chi connectivity index (χ3n) is 7.16. The van der Waals surface area contributed by atoms with E-state index in [0.717, 1.165) is 37.7 Å². The highest BCUT2D eigenvalue weighted by Gasteiger charge is 2.29. The average Bonchev–Trinajstić information content (AvgIpc) is 3.32. The van der Waals surface area contributed by atoms with Crippen molar-refractivity contribution in [1.82, 2.24) is 19.4 Å². The lowest BCUT2D eigenvalue weighted by Crippen LogP contribution is -2.36. The van der Waals surface area contributed by atoms with Crippen LogP contribution in [0.4, 0.5) is 0 Å². The molecule has 0 bridgehead atoms. The molecular weight excluding hydrogens is 480 g/mol. The first-order valence-corrected chi connectivity index (χ1v) is 13.4. The standard InChI is InChI=1S/C30H36N4O4/c1-4-6-15-33(16-7-5-2)29(36)26-27(32(3)20-31-26)24-13-12-22(30(37)38)18-25(24)28(35)34-17-14-21-10-8-9-11-23(21)19-34/h8-13,18,20H,4-7,14-17,19H2,1-3H3,(H,37,38). The Kier molecular flexibility index (Phi) is 8.61. The van der Waals surface area contributed by atoms with E-state index in [1.165, 1.54) is 17.7 Å². The van der Waals surface area contributed by atoms with Gasteiger partial charge in [0.25, 0.3) is 11.8 Å². The number of hydrogen-bond acceptors (Lipinski definition) is 4. The predicted octanol–water partition coefficient (Wildman–Crippen LogP) is 5.03. The number of nitrogens with zero attached hydrogens (tertiary/aromatic N) is 4. The molecule has 1 aromatic heterocycles. The first-order valence-electron chi connectivity index (χ1n) is 13.4. The van der Waals surface area contributed by atoms with Gasteiger partial charge in [0, 0.05) is 44.4 Å². The Morgan fingerprint density at radius 3 is 2.34 bits per heavy atom. The third-order valence-corrected chi connectivity index (χ3v) is 7.16. The molecule has 4 rings (SSSR count). The van der Waals surface area contributed by atoms with Gasteiger partial charge >= 0.3 is 5.97 Å². The molecule has 8 heteroatoms. The van der Waals surface area contributed by atoms with Crippen molar-refractivity contribution < 1.29 is 19.5 Å². The molecule has 0 fully saturated rings. The quantitative estimate of drug-likeness (QED) is 0.408. The lowest BCUT2D eigenvalue weighted by atomic mass is 9.96.